The average molecular weight is 381 g/mol. The van der Waals surface area contributed by atoms with Gasteiger partial charge in [-0.2, -0.15) is 10.2 Å². The molecule has 0 bridgehead atoms. The molecule has 8 nitrogen and oxygen atoms in total. The molecule has 1 aliphatic heterocycles. The lowest BCUT2D eigenvalue weighted by Gasteiger charge is -2.23. The van der Waals surface area contributed by atoms with Crippen molar-refractivity contribution in [1.29, 1.82) is 0 Å². The highest BCUT2D eigenvalue weighted by Gasteiger charge is 2.25. The van der Waals surface area contributed by atoms with E-state index in [2.05, 4.69) is 15.3 Å². The van der Waals surface area contributed by atoms with Crippen LogP contribution in [0.2, 0.25) is 0 Å². The third-order valence-electron chi connectivity index (χ3n) is 4.78. The fraction of sp³-hybridized carbons (Fsp3) is 0.350. The molecule has 1 N–H and O–H groups in total. The lowest BCUT2D eigenvalue weighted by atomic mass is 10.1. The van der Waals surface area contributed by atoms with E-state index in [4.69, 9.17) is 9.47 Å². The van der Waals surface area contributed by atoms with Crippen molar-refractivity contribution in [1.82, 2.24) is 24.9 Å². The minimum atomic E-state index is -0.0877. The van der Waals surface area contributed by atoms with Gasteiger partial charge in [-0.15, -0.1) is 0 Å². The fourth-order valence-electron chi connectivity index (χ4n) is 3.32. The number of hydrogen-bond donors (Lipinski definition) is 1. The molecule has 0 spiro atoms. The Morgan fingerprint density at radius 1 is 1.36 bits per heavy atom. The maximum atomic E-state index is 13.0. The van der Waals surface area contributed by atoms with Gasteiger partial charge in [0.15, 0.2) is 0 Å². The fourth-order valence-corrected chi connectivity index (χ4v) is 3.32. The molecule has 28 heavy (non-hydrogen) atoms. The molecule has 3 heterocycles. The summed E-state index contributed by atoms with van der Waals surface area (Å²) in [6.07, 6.45) is 4.36. The zero-order valence-corrected chi connectivity index (χ0v) is 15.7. The number of amides is 1. The number of ether oxygens (including phenoxy) is 2. The molecule has 4 rings (SSSR count). The van der Waals surface area contributed by atoms with Crippen molar-refractivity contribution < 1.29 is 14.3 Å². The van der Waals surface area contributed by atoms with Gasteiger partial charge in [0.25, 0.3) is 5.91 Å². The van der Waals surface area contributed by atoms with Crippen LogP contribution in [0, 0.1) is 0 Å². The summed E-state index contributed by atoms with van der Waals surface area (Å²) in [5.74, 6) is 0.714. The van der Waals surface area contributed by atoms with Gasteiger partial charge in [0.05, 0.1) is 25.5 Å². The van der Waals surface area contributed by atoms with E-state index in [0.717, 1.165) is 23.4 Å². The number of methoxy groups -OCH3 is 1. The summed E-state index contributed by atoms with van der Waals surface area (Å²) in [6.45, 7) is 2.44. The Morgan fingerprint density at radius 2 is 2.21 bits per heavy atom. The van der Waals surface area contributed by atoms with E-state index < -0.39 is 0 Å². The topological polar surface area (TPSA) is 85.3 Å². The van der Waals surface area contributed by atoms with Gasteiger partial charge in [0.2, 0.25) is 0 Å². The van der Waals surface area contributed by atoms with Gasteiger partial charge < -0.3 is 14.4 Å². The largest absolute Gasteiger partial charge is 0.497 e. The van der Waals surface area contributed by atoms with Crippen LogP contribution in [0.25, 0.3) is 11.3 Å². The van der Waals surface area contributed by atoms with Gasteiger partial charge in [-0.05, 0) is 42.8 Å². The second-order valence-corrected chi connectivity index (χ2v) is 6.72. The maximum absolute atomic E-state index is 13.0. The number of aromatic amines is 1. The summed E-state index contributed by atoms with van der Waals surface area (Å²) in [6, 6.07) is 11.3. The van der Waals surface area contributed by atoms with Gasteiger partial charge in [0, 0.05) is 37.7 Å². The highest BCUT2D eigenvalue weighted by atomic mass is 16.5. The van der Waals surface area contributed by atoms with E-state index in [0.29, 0.717) is 31.9 Å². The van der Waals surface area contributed by atoms with Crippen LogP contribution >= 0.6 is 0 Å². The first-order valence-corrected chi connectivity index (χ1v) is 9.31. The van der Waals surface area contributed by atoms with Crippen molar-refractivity contribution in [3.63, 3.8) is 0 Å². The van der Waals surface area contributed by atoms with E-state index in [1.54, 1.807) is 19.4 Å². The average Bonchev–Trinajstić information content (AvgIpc) is 3.36. The van der Waals surface area contributed by atoms with E-state index in [-0.39, 0.29) is 12.0 Å². The van der Waals surface area contributed by atoms with Crippen LogP contribution in [-0.4, -0.2) is 63.7 Å². The lowest BCUT2D eigenvalue weighted by molar-refractivity contribution is 0.0365. The van der Waals surface area contributed by atoms with Crippen LogP contribution in [0.15, 0.2) is 48.8 Å². The number of benzene rings is 1. The van der Waals surface area contributed by atoms with Crippen LogP contribution in [0.5, 0.6) is 5.75 Å². The summed E-state index contributed by atoms with van der Waals surface area (Å²) >= 11 is 0. The molecule has 1 fully saturated rings. The summed E-state index contributed by atoms with van der Waals surface area (Å²) in [4.78, 5) is 14.8. The van der Waals surface area contributed by atoms with Crippen LogP contribution in [0.3, 0.4) is 0 Å². The third-order valence-corrected chi connectivity index (χ3v) is 4.78. The Bertz CT molecular complexity index is 904. The maximum Gasteiger partial charge on any atom is 0.271 e. The first-order chi connectivity index (χ1) is 13.7. The van der Waals surface area contributed by atoms with E-state index in [1.165, 1.54) is 0 Å². The monoisotopic (exact) mass is 381 g/mol. The molecule has 0 aliphatic carbocycles. The number of H-pyrrole nitrogens is 1. The Hall–Kier alpha value is -3.13. The molecule has 1 atom stereocenters. The smallest absolute Gasteiger partial charge is 0.271 e. The second-order valence-electron chi connectivity index (χ2n) is 6.72. The molecule has 0 saturated carbocycles. The number of nitrogens with one attached hydrogen (secondary N) is 1. The Morgan fingerprint density at radius 3 is 2.96 bits per heavy atom. The highest BCUT2D eigenvalue weighted by molar-refractivity contribution is 5.93. The first-order valence-electron chi connectivity index (χ1n) is 9.31. The third kappa shape index (κ3) is 4.07. The number of aromatic nitrogens is 4. The number of hydrogen-bond acceptors (Lipinski definition) is 5. The van der Waals surface area contributed by atoms with Crippen LogP contribution in [-0.2, 0) is 11.3 Å². The number of carbonyl (C=O) groups excluding carboxylic acids is 1. The van der Waals surface area contributed by atoms with Crippen molar-refractivity contribution >= 4 is 5.91 Å². The standard InChI is InChI=1S/C20H23N5O3/c1-27-16-6-4-15(5-7-16)18-12-19(23-22-18)20(26)24-9-3-11-28-17(13-24)14-25-10-2-8-21-25/h2,4-8,10,12,17H,3,9,11,13-14H2,1H3,(H,22,23)/t17-/m0/s1. The zero-order valence-electron chi connectivity index (χ0n) is 15.7. The molecule has 8 heteroatoms. The van der Waals surface area contributed by atoms with Gasteiger partial charge in [0.1, 0.15) is 11.4 Å². The molecular weight excluding hydrogens is 358 g/mol. The predicted octanol–water partition coefficient (Wildman–Crippen LogP) is 2.21. The molecule has 1 saturated heterocycles. The number of carbonyl (C=O) groups is 1. The summed E-state index contributed by atoms with van der Waals surface area (Å²) in [5.41, 5.74) is 2.13. The molecule has 0 radical (unpaired) electrons. The Balaban J connectivity index is 1.46. The van der Waals surface area contributed by atoms with E-state index >= 15 is 0 Å². The minimum Gasteiger partial charge on any atom is -0.497 e. The van der Waals surface area contributed by atoms with Crippen LogP contribution in [0.4, 0.5) is 0 Å². The molecular formula is C20H23N5O3. The molecule has 2 aromatic heterocycles. The number of nitrogens with zero attached hydrogens (tertiary/aromatic N) is 4. The van der Waals surface area contributed by atoms with Crippen LogP contribution < -0.4 is 4.74 Å². The second kappa shape index (κ2) is 8.26. The lowest BCUT2D eigenvalue weighted by Crippen LogP contribution is -2.38. The van der Waals surface area contributed by atoms with Gasteiger partial charge >= 0.3 is 0 Å². The van der Waals surface area contributed by atoms with Crippen LogP contribution in [0.1, 0.15) is 16.9 Å². The van der Waals surface area contributed by atoms with Gasteiger partial charge in [-0.3, -0.25) is 14.6 Å². The first kappa shape index (κ1) is 18.2. The van der Waals surface area contributed by atoms with Crippen molar-refractivity contribution in [2.45, 2.75) is 19.1 Å². The quantitative estimate of drug-likeness (QED) is 0.732. The highest BCUT2D eigenvalue weighted by Crippen LogP contribution is 2.22. The van der Waals surface area contributed by atoms with Gasteiger partial charge in [-0.25, -0.2) is 0 Å². The predicted molar refractivity (Wildman–Crippen MR) is 103 cm³/mol. The van der Waals surface area contributed by atoms with Gasteiger partial charge in [-0.1, -0.05) is 0 Å². The Kier molecular flexibility index (Phi) is 5.38. The molecule has 3 aromatic rings. The van der Waals surface area contributed by atoms with E-state index in [9.17, 15) is 4.79 Å². The molecule has 0 unspecified atom stereocenters. The SMILES string of the molecule is COc1ccc(-c2cc(C(=O)N3CCCO[C@H](Cn4cccn4)C3)[nH]n2)cc1. The Labute approximate surface area is 163 Å². The molecule has 1 aromatic carbocycles. The van der Waals surface area contributed by atoms with E-state index in [1.807, 2.05) is 46.1 Å². The zero-order chi connectivity index (χ0) is 19.3. The summed E-state index contributed by atoms with van der Waals surface area (Å²) in [5, 5.41) is 11.4. The summed E-state index contributed by atoms with van der Waals surface area (Å²) in [7, 11) is 1.63. The molecule has 1 aliphatic rings. The minimum absolute atomic E-state index is 0.0665. The van der Waals surface area contributed by atoms with Crippen molar-refractivity contribution in [3.8, 4) is 17.0 Å². The molecule has 146 valence electrons. The number of rotatable bonds is 5. The molecule has 1 amide bonds. The van der Waals surface area contributed by atoms with Crippen molar-refractivity contribution in [2.75, 3.05) is 26.8 Å². The van der Waals surface area contributed by atoms with Crippen molar-refractivity contribution in [3.05, 3.63) is 54.5 Å². The summed E-state index contributed by atoms with van der Waals surface area (Å²) < 4.78 is 12.9. The van der Waals surface area contributed by atoms with Crippen molar-refractivity contribution in [2.24, 2.45) is 0 Å². The normalized spacial score (nSPS) is 17.3.